The Kier molecular flexibility index (Phi) is 6.87. The fourth-order valence-corrected chi connectivity index (χ4v) is 4.86. The van der Waals surface area contributed by atoms with Crippen molar-refractivity contribution >= 4 is 55.6 Å². The van der Waals surface area contributed by atoms with Crippen molar-refractivity contribution in [1.29, 1.82) is 0 Å². The van der Waals surface area contributed by atoms with Crippen LogP contribution in [0.4, 0.5) is 43.6 Å². The maximum atomic E-state index is 14.1. The lowest BCUT2D eigenvalue weighted by Gasteiger charge is -2.19. The Morgan fingerprint density at radius 1 is 0.949 bits per heavy atom. The van der Waals surface area contributed by atoms with Crippen molar-refractivity contribution in [2.75, 3.05) is 28.8 Å². The number of aromatic nitrogens is 4. The minimum Gasteiger partial charge on any atom is -0.329 e. The van der Waals surface area contributed by atoms with E-state index in [0.717, 1.165) is 23.0 Å². The van der Waals surface area contributed by atoms with Gasteiger partial charge < -0.3 is 20.1 Å². The third kappa shape index (κ3) is 5.96. The highest BCUT2D eigenvalue weighted by Gasteiger charge is 2.14. The van der Waals surface area contributed by atoms with Crippen LogP contribution >= 0.6 is 0 Å². The number of imidazole rings is 1. The average molecular weight is 550 g/mol. The molecule has 0 bridgehead atoms. The lowest BCUT2D eigenvalue weighted by molar-refractivity contribution is 0.585. The van der Waals surface area contributed by atoms with Crippen LogP contribution in [-0.4, -0.2) is 41.2 Å². The number of fused-ring (bicyclic) bond motifs is 1. The SMILES string of the molecule is CN(c1ccc2c(c1)nc(Nc1ccc(F)cc1F)n2C)c1ccnc(Nc2ccc(CS(C)(=O)=O)cc2)n1. The summed E-state index contributed by atoms with van der Waals surface area (Å²) in [7, 11) is 0.558. The van der Waals surface area contributed by atoms with E-state index in [1.165, 1.54) is 18.4 Å². The molecule has 5 rings (SSSR count). The van der Waals surface area contributed by atoms with Gasteiger partial charge in [0.25, 0.3) is 0 Å². The van der Waals surface area contributed by atoms with E-state index in [4.69, 9.17) is 0 Å². The summed E-state index contributed by atoms with van der Waals surface area (Å²) >= 11 is 0. The molecule has 0 saturated heterocycles. The van der Waals surface area contributed by atoms with Gasteiger partial charge in [0.2, 0.25) is 11.9 Å². The molecule has 3 aromatic carbocycles. The largest absolute Gasteiger partial charge is 0.329 e. The Balaban J connectivity index is 1.35. The van der Waals surface area contributed by atoms with Gasteiger partial charge in [0.1, 0.15) is 17.5 Å². The van der Waals surface area contributed by atoms with Crippen molar-refractivity contribution in [3.8, 4) is 0 Å². The van der Waals surface area contributed by atoms with E-state index in [1.54, 1.807) is 48.1 Å². The molecule has 2 N–H and O–H groups in total. The number of anilines is 6. The van der Waals surface area contributed by atoms with E-state index in [9.17, 15) is 17.2 Å². The van der Waals surface area contributed by atoms with Crippen molar-refractivity contribution in [2.45, 2.75) is 5.75 Å². The zero-order valence-corrected chi connectivity index (χ0v) is 22.2. The second-order valence-corrected chi connectivity index (χ2v) is 11.2. The van der Waals surface area contributed by atoms with Gasteiger partial charge in [-0.1, -0.05) is 12.1 Å². The van der Waals surface area contributed by atoms with E-state index in [1.807, 2.05) is 30.1 Å². The Labute approximate surface area is 224 Å². The van der Waals surface area contributed by atoms with Gasteiger partial charge in [-0.15, -0.1) is 0 Å². The first-order valence-electron chi connectivity index (χ1n) is 11.8. The van der Waals surface area contributed by atoms with Gasteiger partial charge in [0.05, 0.1) is 22.5 Å². The van der Waals surface area contributed by atoms with Gasteiger partial charge in [-0.25, -0.2) is 27.2 Å². The smallest absolute Gasteiger partial charge is 0.229 e. The van der Waals surface area contributed by atoms with Gasteiger partial charge in [0, 0.05) is 44.0 Å². The number of aryl methyl sites for hydroxylation is 1. The Hall–Kier alpha value is -4.58. The van der Waals surface area contributed by atoms with Gasteiger partial charge >= 0.3 is 0 Å². The number of hydrogen-bond donors (Lipinski definition) is 2. The fraction of sp³-hybridized carbons (Fsp3) is 0.148. The van der Waals surface area contributed by atoms with Crippen LogP contribution in [0, 0.1) is 11.6 Å². The summed E-state index contributed by atoms with van der Waals surface area (Å²) in [6, 6.07) is 17.8. The zero-order valence-electron chi connectivity index (χ0n) is 21.4. The Morgan fingerprint density at radius 3 is 2.44 bits per heavy atom. The van der Waals surface area contributed by atoms with Gasteiger partial charge in [-0.2, -0.15) is 4.98 Å². The molecule has 2 heterocycles. The molecule has 0 saturated carbocycles. The summed E-state index contributed by atoms with van der Waals surface area (Å²) in [5, 5.41) is 6.06. The Bertz CT molecular complexity index is 1770. The molecule has 0 aliphatic carbocycles. The first kappa shape index (κ1) is 26.0. The quantitative estimate of drug-likeness (QED) is 0.264. The molecule has 5 aromatic rings. The molecular formula is C27H25F2N7O2S. The van der Waals surface area contributed by atoms with Crippen LogP contribution in [-0.2, 0) is 22.6 Å². The van der Waals surface area contributed by atoms with Crippen molar-refractivity contribution in [3.63, 3.8) is 0 Å². The third-order valence-corrected chi connectivity index (χ3v) is 6.91. The molecule has 12 heteroatoms. The molecule has 0 unspecified atom stereocenters. The molecule has 0 aliphatic rings. The molecule has 0 fully saturated rings. The summed E-state index contributed by atoms with van der Waals surface area (Å²) in [4.78, 5) is 15.4. The number of nitrogens with one attached hydrogen (secondary N) is 2. The van der Waals surface area contributed by atoms with E-state index in [0.29, 0.717) is 28.8 Å². The standard InChI is InChI=1S/C27H25F2N7O2S/c1-35(25-12-13-30-26(34-25)31-19-7-4-17(5-8-19)16-39(3,37)38)20-9-11-24-23(15-20)33-27(36(24)2)32-22-10-6-18(28)14-21(22)29/h4-15H,16H2,1-3H3,(H,32,33)(H,30,31,34). The van der Waals surface area contributed by atoms with Crippen molar-refractivity contribution in [2.24, 2.45) is 7.05 Å². The molecule has 0 amide bonds. The maximum Gasteiger partial charge on any atom is 0.229 e. The second kappa shape index (κ2) is 10.3. The van der Waals surface area contributed by atoms with E-state index < -0.39 is 21.5 Å². The monoisotopic (exact) mass is 549 g/mol. The molecule has 9 nitrogen and oxygen atoms in total. The van der Waals surface area contributed by atoms with Crippen LogP contribution in [0.25, 0.3) is 11.0 Å². The summed E-state index contributed by atoms with van der Waals surface area (Å²) in [6.07, 6.45) is 2.84. The average Bonchev–Trinajstić information content (AvgIpc) is 3.20. The van der Waals surface area contributed by atoms with Crippen molar-refractivity contribution in [3.05, 3.63) is 90.1 Å². The van der Waals surface area contributed by atoms with E-state index >= 15 is 0 Å². The van der Waals surface area contributed by atoms with E-state index in [-0.39, 0.29) is 11.4 Å². The topological polar surface area (TPSA) is 105 Å². The number of benzene rings is 3. The minimum absolute atomic E-state index is 0.0225. The number of rotatable bonds is 8. The van der Waals surface area contributed by atoms with Crippen LogP contribution in [0.15, 0.2) is 72.9 Å². The van der Waals surface area contributed by atoms with Crippen LogP contribution in [0.3, 0.4) is 0 Å². The summed E-state index contributed by atoms with van der Waals surface area (Å²) in [5.41, 5.74) is 3.85. The maximum absolute atomic E-state index is 14.1. The zero-order chi connectivity index (χ0) is 27.7. The van der Waals surface area contributed by atoms with Crippen LogP contribution in [0.5, 0.6) is 0 Å². The highest BCUT2D eigenvalue weighted by molar-refractivity contribution is 7.89. The predicted molar refractivity (Wildman–Crippen MR) is 149 cm³/mol. The number of nitrogens with zero attached hydrogens (tertiary/aromatic N) is 5. The minimum atomic E-state index is -3.11. The van der Waals surface area contributed by atoms with Crippen LogP contribution in [0.1, 0.15) is 5.56 Å². The first-order chi connectivity index (χ1) is 18.6. The van der Waals surface area contributed by atoms with Gasteiger partial charge in [-0.3, -0.25) is 0 Å². The molecule has 0 radical (unpaired) electrons. The lowest BCUT2D eigenvalue weighted by Crippen LogP contribution is -2.12. The van der Waals surface area contributed by atoms with Crippen LogP contribution in [0.2, 0.25) is 0 Å². The normalized spacial score (nSPS) is 11.5. The fourth-order valence-electron chi connectivity index (χ4n) is 4.06. The van der Waals surface area contributed by atoms with Crippen LogP contribution < -0.4 is 15.5 Å². The Morgan fingerprint density at radius 2 is 1.72 bits per heavy atom. The molecule has 200 valence electrons. The second-order valence-electron chi connectivity index (χ2n) is 9.11. The number of sulfone groups is 1. The lowest BCUT2D eigenvalue weighted by atomic mass is 10.2. The highest BCUT2D eigenvalue weighted by Crippen LogP contribution is 2.29. The number of hydrogen-bond acceptors (Lipinski definition) is 8. The summed E-state index contributed by atoms with van der Waals surface area (Å²) < 4.78 is 52.2. The summed E-state index contributed by atoms with van der Waals surface area (Å²) in [5.74, 6) is 0.0316. The summed E-state index contributed by atoms with van der Waals surface area (Å²) in [6.45, 7) is 0. The third-order valence-electron chi connectivity index (χ3n) is 6.05. The van der Waals surface area contributed by atoms with Crippen molar-refractivity contribution in [1.82, 2.24) is 19.5 Å². The number of halogens is 2. The molecule has 39 heavy (non-hydrogen) atoms. The molecule has 2 aromatic heterocycles. The molecule has 0 aliphatic heterocycles. The van der Waals surface area contributed by atoms with Gasteiger partial charge in [-0.05, 0) is 54.1 Å². The van der Waals surface area contributed by atoms with Crippen molar-refractivity contribution < 1.29 is 17.2 Å². The first-order valence-corrected chi connectivity index (χ1v) is 13.9. The molecule has 0 spiro atoms. The highest BCUT2D eigenvalue weighted by atomic mass is 32.2. The van der Waals surface area contributed by atoms with E-state index in [2.05, 4.69) is 25.6 Å². The van der Waals surface area contributed by atoms with Gasteiger partial charge in [0.15, 0.2) is 9.84 Å². The predicted octanol–water partition coefficient (Wildman–Crippen LogP) is 5.44. The molecule has 0 atom stereocenters. The molecular weight excluding hydrogens is 524 g/mol.